The molecule has 0 bridgehead atoms. The first kappa shape index (κ1) is 17.5. The molecule has 3 N–H and O–H groups in total. The highest BCUT2D eigenvalue weighted by atomic mass is 16.3. The molecule has 0 saturated carbocycles. The summed E-state index contributed by atoms with van der Waals surface area (Å²) in [6.07, 6.45) is 2.19. The number of nitrogens with one attached hydrogen (secondary N) is 2. The van der Waals surface area contributed by atoms with E-state index in [9.17, 15) is 9.90 Å². The number of amides is 1. The number of hydrazone groups is 1. The van der Waals surface area contributed by atoms with Crippen LogP contribution < -0.4 is 10.7 Å². The van der Waals surface area contributed by atoms with Gasteiger partial charge in [0.1, 0.15) is 11.8 Å². The minimum absolute atomic E-state index is 0.187. The quantitative estimate of drug-likeness (QED) is 0.563. The lowest BCUT2D eigenvalue weighted by atomic mass is 10.1. The van der Waals surface area contributed by atoms with Crippen LogP contribution in [0.1, 0.15) is 30.0 Å². The molecule has 0 aromatic heterocycles. The molecule has 2 rings (SSSR count). The second-order valence-corrected chi connectivity index (χ2v) is 5.75. The Morgan fingerprint density at radius 3 is 2.54 bits per heavy atom. The number of hydrogen-bond acceptors (Lipinski definition) is 4. The highest BCUT2D eigenvalue weighted by Crippen LogP contribution is 2.17. The van der Waals surface area contributed by atoms with Crippen molar-refractivity contribution in [2.45, 2.75) is 33.2 Å². The molecule has 5 heteroatoms. The maximum absolute atomic E-state index is 12.3. The number of phenolic OH excluding ortho intramolecular Hbond substituents is 1. The number of benzene rings is 2. The first-order valence-electron chi connectivity index (χ1n) is 7.95. The van der Waals surface area contributed by atoms with Gasteiger partial charge in [-0.3, -0.25) is 4.79 Å². The molecule has 0 radical (unpaired) electrons. The van der Waals surface area contributed by atoms with Gasteiger partial charge in [-0.15, -0.1) is 0 Å². The molecule has 0 unspecified atom stereocenters. The van der Waals surface area contributed by atoms with Crippen molar-refractivity contribution >= 4 is 17.8 Å². The number of carbonyl (C=O) groups is 1. The lowest BCUT2D eigenvalue weighted by molar-refractivity contribution is -0.121. The SMILES string of the molecule is CC[C@@H](Nc1ccc(C)cc1C)C(=O)NN=Cc1ccc(O)cc1. The second-order valence-electron chi connectivity index (χ2n) is 5.75. The second kappa shape index (κ2) is 8.15. The Morgan fingerprint density at radius 2 is 1.92 bits per heavy atom. The summed E-state index contributed by atoms with van der Waals surface area (Å²) in [5.41, 5.74) is 6.59. The van der Waals surface area contributed by atoms with Crippen LogP contribution >= 0.6 is 0 Å². The molecule has 126 valence electrons. The molecular formula is C19H23N3O2. The number of aryl methyl sites for hydroxylation is 2. The standard InChI is InChI=1S/C19H23N3O2/c1-4-17(21-18-10-5-13(2)11-14(18)3)19(24)22-20-12-15-6-8-16(23)9-7-15/h5-12,17,21,23H,4H2,1-3H3,(H,22,24)/t17-/m1/s1. The van der Waals surface area contributed by atoms with Crippen LogP contribution in [0.15, 0.2) is 47.6 Å². The topological polar surface area (TPSA) is 73.7 Å². The minimum Gasteiger partial charge on any atom is -0.508 e. The third-order valence-electron chi connectivity index (χ3n) is 3.72. The fourth-order valence-corrected chi connectivity index (χ4v) is 2.32. The van der Waals surface area contributed by atoms with Crippen molar-refractivity contribution in [1.82, 2.24) is 5.43 Å². The van der Waals surface area contributed by atoms with Crippen LogP contribution in [0.2, 0.25) is 0 Å². The Kier molecular flexibility index (Phi) is 5.95. The summed E-state index contributed by atoms with van der Waals surface area (Å²) in [4.78, 5) is 12.3. The average molecular weight is 325 g/mol. The van der Waals surface area contributed by atoms with Crippen molar-refractivity contribution in [3.8, 4) is 5.75 Å². The number of aromatic hydroxyl groups is 1. The van der Waals surface area contributed by atoms with Crippen LogP contribution in [0.25, 0.3) is 0 Å². The predicted octanol–water partition coefficient (Wildman–Crippen LogP) is 3.35. The summed E-state index contributed by atoms with van der Waals surface area (Å²) in [6, 6.07) is 12.3. The average Bonchev–Trinajstić information content (AvgIpc) is 2.56. The molecule has 1 atom stereocenters. The van der Waals surface area contributed by atoms with E-state index >= 15 is 0 Å². The van der Waals surface area contributed by atoms with Crippen LogP contribution in [0.5, 0.6) is 5.75 Å². The predicted molar refractivity (Wildman–Crippen MR) is 97.5 cm³/mol. The van der Waals surface area contributed by atoms with Crippen molar-refractivity contribution in [2.75, 3.05) is 5.32 Å². The van der Waals surface area contributed by atoms with Crippen LogP contribution in [0.3, 0.4) is 0 Å². The van der Waals surface area contributed by atoms with Gasteiger partial charge in [0.2, 0.25) is 0 Å². The number of rotatable bonds is 6. The lowest BCUT2D eigenvalue weighted by Crippen LogP contribution is -2.37. The fraction of sp³-hybridized carbons (Fsp3) is 0.263. The molecule has 0 fully saturated rings. The minimum atomic E-state index is -0.358. The maximum Gasteiger partial charge on any atom is 0.262 e. The number of carbonyl (C=O) groups excluding carboxylic acids is 1. The van der Waals surface area contributed by atoms with E-state index in [-0.39, 0.29) is 17.7 Å². The summed E-state index contributed by atoms with van der Waals surface area (Å²) < 4.78 is 0. The van der Waals surface area contributed by atoms with E-state index in [1.165, 1.54) is 5.56 Å². The fourth-order valence-electron chi connectivity index (χ4n) is 2.32. The zero-order valence-corrected chi connectivity index (χ0v) is 14.2. The summed E-state index contributed by atoms with van der Waals surface area (Å²) in [6.45, 7) is 6.01. The highest BCUT2D eigenvalue weighted by Gasteiger charge is 2.16. The molecule has 5 nitrogen and oxygen atoms in total. The van der Waals surface area contributed by atoms with Crippen LogP contribution in [0, 0.1) is 13.8 Å². The molecule has 2 aromatic rings. The molecule has 0 aliphatic carbocycles. The maximum atomic E-state index is 12.3. The molecule has 0 heterocycles. The van der Waals surface area contributed by atoms with Gasteiger partial charge in [0.15, 0.2) is 0 Å². The number of phenols is 1. The monoisotopic (exact) mass is 325 g/mol. The van der Waals surface area contributed by atoms with E-state index in [2.05, 4.69) is 21.9 Å². The number of anilines is 1. The van der Waals surface area contributed by atoms with E-state index in [1.54, 1.807) is 30.5 Å². The molecule has 0 aliphatic heterocycles. The van der Waals surface area contributed by atoms with Crippen LogP contribution in [-0.2, 0) is 4.79 Å². The molecule has 2 aromatic carbocycles. The molecule has 1 amide bonds. The Morgan fingerprint density at radius 1 is 1.21 bits per heavy atom. The largest absolute Gasteiger partial charge is 0.508 e. The van der Waals surface area contributed by atoms with Gasteiger partial charge >= 0.3 is 0 Å². The van der Waals surface area contributed by atoms with E-state index in [4.69, 9.17) is 0 Å². The first-order chi connectivity index (χ1) is 11.5. The number of hydrogen-bond donors (Lipinski definition) is 3. The van der Waals surface area contributed by atoms with Crippen LogP contribution in [0.4, 0.5) is 5.69 Å². The molecule has 0 saturated heterocycles. The van der Waals surface area contributed by atoms with E-state index in [1.807, 2.05) is 32.9 Å². The molecular weight excluding hydrogens is 302 g/mol. The summed E-state index contributed by atoms with van der Waals surface area (Å²) in [7, 11) is 0. The van der Waals surface area contributed by atoms with Crippen molar-refractivity contribution in [3.63, 3.8) is 0 Å². The Balaban J connectivity index is 1.97. The highest BCUT2D eigenvalue weighted by molar-refractivity contribution is 5.87. The third kappa shape index (κ3) is 4.84. The summed E-state index contributed by atoms with van der Waals surface area (Å²) in [5.74, 6) is 0.00686. The van der Waals surface area contributed by atoms with Crippen molar-refractivity contribution in [3.05, 3.63) is 59.2 Å². The van der Waals surface area contributed by atoms with Gasteiger partial charge in [0.05, 0.1) is 6.21 Å². The van der Waals surface area contributed by atoms with Gasteiger partial charge in [-0.2, -0.15) is 5.10 Å². The lowest BCUT2D eigenvalue weighted by Gasteiger charge is -2.18. The first-order valence-corrected chi connectivity index (χ1v) is 7.95. The van der Waals surface area contributed by atoms with Crippen molar-refractivity contribution in [2.24, 2.45) is 5.10 Å². The van der Waals surface area contributed by atoms with Gasteiger partial charge in [0, 0.05) is 5.69 Å². The zero-order valence-electron chi connectivity index (χ0n) is 14.2. The van der Waals surface area contributed by atoms with Gasteiger partial charge in [0.25, 0.3) is 5.91 Å². The van der Waals surface area contributed by atoms with Gasteiger partial charge < -0.3 is 10.4 Å². The normalized spacial score (nSPS) is 12.1. The Labute approximate surface area is 142 Å². The van der Waals surface area contributed by atoms with Gasteiger partial charge in [-0.05, 0) is 61.7 Å². The molecule has 0 spiro atoms. The van der Waals surface area contributed by atoms with Gasteiger partial charge in [-0.1, -0.05) is 24.6 Å². The summed E-state index contributed by atoms with van der Waals surface area (Å²) >= 11 is 0. The molecule has 0 aliphatic rings. The molecule has 24 heavy (non-hydrogen) atoms. The smallest absolute Gasteiger partial charge is 0.262 e. The Bertz CT molecular complexity index is 724. The van der Waals surface area contributed by atoms with Crippen LogP contribution in [-0.4, -0.2) is 23.3 Å². The van der Waals surface area contributed by atoms with E-state index in [0.29, 0.717) is 6.42 Å². The van der Waals surface area contributed by atoms with Gasteiger partial charge in [-0.25, -0.2) is 5.43 Å². The Hall–Kier alpha value is -2.82. The van der Waals surface area contributed by atoms with Crippen molar-refractivity contribution in [1.29, 1.82) is 0 Å². The zero-order chi connectivity index (χ0) is 17.5. The van der Waals surface area contributed by atoms with E-state index < -0.39 is 0 Å². The van der Waals surface area contributed by atoms with E-state index in [0.717, 1.165) is 16.8 Å². The summed E-state index contributed by atoms with van der Waals surface area (Å²) in [5, 5.41) is 16.5. The third-order valence-corrected chi connectivity index (χ3v) is 3.72. The number of nitrogens with zero attached hydrogens (tertiary/aromatic N) is 1. The van der Waals surface area contributed by atoms with Crippen molar-refractivity contribution < 1.29 is 9.90 Å².